The Hall–Kier alpha value is -0.830. The molecule has 0 spiro atoms. The van der Waals surface area contributed by atoms with Crippen LogP contribution in [0.1, 0.15) is 49.6 Å². The van der Waals surface area contributed by atoms with Crippen LogP contribution in [0.5, 0.6) is 0 Å². The van der Waals surface area contributed by atoms with Gasteiger partial charge in [0.1, 0.15) is 6.26 Å². The number of nitrogens with zero attached hydrogens (tertiary/aromatic N) is 1. The van der Waals surface area contributed by atoms with Gasteiger partial charge in [0.05, 0.1) is 5.69 Å². The predicted molar refractivity (Wildman–Crippen MR) is 60.0 cm³/mol. The third kappa shape index (κ3) is 2.81. The number of aromatic nitrogens is 1. The van der Waals surface area contributed by atoms with Crippen LogP contribution in [0.4, 0.5) is 0 Å². The smallest absolute Gasteiger partial charge is 0.197 e. The highest BCUT2D eigenvalue weighted by atomic mass is 16.3. The normalized spacial score (nSPS) is 17.4. The molecule has 1 N–H and O–H groups in total. The molecule has 1 aliphatic carbocycles. The van der Waals surface area contributed by atoms with E-state index in [1.807, 2.05) is 13.3 Å². The third-order valence-corrected chi connectivity index (χ3v) is 3.13. The van der Waals surface area contributed by atoms with E-state index in [-0.39, 0.29) is 0 Å². The molecule has 0 atom stereocenters. The molecular weight excluding hydrogens is 188 g/mol. The molecule has 0 saturated heterocycles. The van der Waals surface area contributed by atoms with Crippen molar-refractivity contribution in [3.63, 3.8) is 0 Å². The Morgan fingerprint density at radius 1 is 1.47 bits per heavy atom. The van der Waals surface area contributed by atoms with Gasteiger partial charge in [-0.2, -0.15) is 0 Å². The van der Waals surface area contributed by atoms with Gasteiger partial charge in [-0.1, -0.05) is 12.8 Å². The van der Waals surface area contributed by atoms with Crippen LogP contribution in [-0.2, 0) is 6.42 Å². The first-order valence-corrected chi connectivity index (χ1v) is 5.99. The zero-order valence-electron chi connectivity index (χ0n) is 9.46. The summed E-state index contributed by atoms with van der Waals surface area (Å²) in [7, 11) is 1.98. The van der Waals surface area contributed by atoms with Crippen molar-refractivity contribution in [3.05, 3.63) is 17.8 Å². The molecule has 0 aromatic carbocycles. The number of nitrogens with one attached hydrogen (secondary N) is 1. The lowest BCUT2D eigenvalue weighted by atomic mass is 10.1. The van der Waals surface area contributed by atoms with Crippen molar-refractivity contribution >= 4 is 0 Å². The molecule has 0 aliphatic heterocycles. The van der Waals surface area contributed by atoms with E-state index in [2.05, 4.69) is 10.3 Å². The second kappa shape index (κ2) is 5.31. The van der Waals surface area contributed by atoms with Gasteiger partial charge < -0.3 is 9.73 Å². The largest absolute Gasteiger partial charge is 0.448 e. The van der Waals surface area contributed by atoms with Gasteiger partial charge in [-0.3, -0.25) is 0 Å². The SMILES string of the molecule is CNCCCc1coc(C2CCCC2)n1. The summed E-state index contributed by atoms with van der Waals surface area (Å²) in [5, 5.41) is 3.14. The Bertz CT molecular complexity index is 290. The standard InChI is InChI=1S/C12H20N2O/c1-13-8-4-7-11-9-15-12(14-11)10-5-2-3-6-10/h9-10,13H,2-8H2,1H3. The van der Waals surface area contributed by atoms with Crippen molar-refractivity contribution in [2.75, 3.05) is 13.6 Å². The lowest BCUT2D eigenvalue weighted by Crippen LogP contribution is -2.08. The number of hydrogen-bond donors (Lipinski definition) is 1. The van der Waals surface area contributed by atoms with Crippen LogP contribution in [0.2, 0.25) is 0 Å². The zero-order chi connectivity index (χ0) is 10.5. The fourth-order valence-corrected chi connectivity index (χ4v) is 2.24. The molecule has 0 radical (unpaired) electrons. The van der Waals surface area contributed by atoms with Gasteiger partial charge in [0.2, 0.25) is 0 Å². The van der Waals surface area contributed by atoms with Crippen molar-refractivity contribution in [1.29, 1.82) is 0 Å². The minimum absolute atomic E-state index is 0.600. The molecule has 84 valence electrons. The molecule has 1 aliphatic rings. The summed E-state index contributed by atoms with van der Waals surface area (Å²) in [6, 6.07) is 0. The summed E-state index contributed by atoms with van der Waals surface area (Å²) < 4.78 is 5.55. The molecule has 0 bridgehead atoms. The number of oxazole rings is 1. The maximum Gasteiger partial charge on any atom is 0.197 e. The molecule has 1 aromatic heterocycles. The maximum atomic E-state index is 5.55. The molecule has 1 aromatic rings. The Balaban J connectivity index is 1.86. The van der Waals surface area contributed by atoms with Gasteiger partial charge in [-0.15, -0.1) is 0 Å². The molecule has 0 amide bonds. The van der Waals surface area contributed by atoms with E-state index in [1.165, 1.54) is 25.7 Å². The van der Waals surface area contributed by atoms with Crippen LogP contribution >= 0.6 is 0 Å². The summed E-state index contributed by atoms with van der Waals surface area (Å²) in [6.07, 6.45) is 9.19. The topological polar surface area (TPSA) is 38.1 Å². The first-order valence-electron chi connectivity index (χ1n) is 5.99. The van der Waals surface area contributed by atoms with Crippen LogP contribution in [0.25, 0.3) is 0 Å². The summed E-state index contributed by atoms with van der Waals surface area (Å²) >= 11 is 0. The fraction of sp³-hybridized carbons (Fsp3) is 0.750. The first-order chi connectivity index (χ1) is 7.40. The molecule has 1 saturated carbocycles. The van der Waals surface area contributed by atoms with Gasteiger partial charge in [-0.25, -0.2) is 4.98 Å². The predicted octanol–water partition coefficient (Wildman–Crippen LogP) is 2.48. The van der Waals surface area contributed by atoms with E-state index >= 15 is 0 Å². The second-order valence-electron chi connectivity index (χ2n) is 4.37. The van der Waals surface area contributed by atoms with Crippen LogP contribution in [0.15, 0.2) is 10.7 Å². The number of hydrogen-bond acceptors (Lipinski definition) is 3. The number of aryl methyl sites for hydroxylation is 1. The molecule has 2 rings (SSSR count). The summed E-state index contributed by atoms with van der Waals surface area (Å²) in [6.45, 7) is 1.05. The molecular formula is C12H20N2O. The highest BCUT2D eigenvalue weighted by Gasteiger charge is 2.21. The van der Waals surface area contributed by atoms with Crippen LogP contribution < -0.4 is 5.32 Å². The Morgan fingerprint density at radius 2 is 2.27 bits per heavy atom. The van der Waals surface area contributed by atoms with E-state index in [4.69, 9.17) is 4.42 Å². The van der Waals surface area contributed by atoms with Crippen molar-refractivity contribution in [2.24, 2.45) is 0 Å². The molecule has 0 unspecified atom stereocenters. The maximum absolute atomic E-state index is 5.55. The van der Waals surface area contributed by atoms with Gasteiger partial charge >= 0.3 is 0 Å². The minimum Gasteiger partial charge on any atom is -0.448 e. The van der Waals surface area contributed by atoms with Crippen LogP contribution in [0, 0.1) is 0 Å². The van der Waals surface area contributed by atoms with Crippen LogP contribution in [0.3, 0.4) is 0 Å². The van der Waals surface area contributed by atoms with E-state index in [0.717, 1.165) is 31.0 Å². The molecule has 3 heteroatoms. The fourth-order valence-electron chi connectivity index (χ4n) is 2.24. The summed E-state index contributed by atoms with van der Waals surface area (Å²) in [4.78, 5) is 4.57. The third-order valence-electron chi connectivity index (χ3n) is 3.13. The van der Waals surface area contributed by atoms with Crippen molar-refractivity contribution in [2.45, 2.75) is 44.4 Å². The van der Waals surface area contributed by atoms with Crippen molar-refractivity contribution in [3.8, 4) is 0 Å². The van der Waals surface area contributed by atoms with E-state index in [9.17, 15) is 0 Å². The highest BCUT2D eigenvalue weighted by molar-refractivity contribution is 5.02. The highest BCUT2D eigenvalue weighted by Crippen LogP contribution is 2.33. The lowest BCUT2D eigenvalue weighted by molar-refractivity contribution is 0.448. The molecule has 3 nitrogen and oxygen atoms in total. The average molecular weight is 208 g/mol. The quantitative estimate of drug-likeness (QED) is 0.755. The van der Waals surface area contributed by atoms with E-state index < -0.39 is 0 Å². The van der Waals surface area contributed by atoms with Gasteiger partial charge in [0.25, 0.3) is 0 Å². The Labute approximate surface area is 91.3 Å². The van der Waals surface area contributed by atoms with Gasteiger partial charge in [0.15, 0.2) is 5.89 Å². The molecule has 1 heterocycles. The van der Waals surface area contributed by atoms with Crippen molar-refractivity contribution in [1.82, 2.24) is 10.3 Å². The van der Waals surface area contributed by atoms with E-state index in [0.29, 0.717) is 5.92 Å². The summed E-state index contributed by atoms with van der Waals surface area (Å²) in [5.41, 5.74) is 1.12. The Morgan fingerprint density at radius 3 is 3.00 bits per heavy atom. The lowest BCUT2D eigenvalue weighted by Gasteiger charge is -2.01. The van der Waals surface area contributed by atoms with E-state index in [1.54, 1.807) is 0 Å². The van der Waals surface area contributed by atoms with Gasteiger partial charge in [-0.05, 0) is 39.3 Å². The van der Waals surface area contributed by atoms with Gasteiger partial charge in [0, 0.05) is 5.92 Å². The molecule has 15 heavy (non-hydrogen) atoms. The zero-order valence-corrected chi connectivity index (χ0v) is 9.46. The first kappa shape index (κ1) is 10.7. The molecule has 1 fully saturated rings. The van der Waals surface area contributed by atoms with Crippen LogP contribution in [-0.4, -0.2) is 18.6 Å². The monoisotopic (exact) mass is 208 g/mol. The average Bonchev–Trinajstić information content (AvgIpc) is 2.87. The second-order valence-corrected chi connectivity index (χ2v) is 4.37. The minimum atomic E-state index is 0.600. The van der Waals surface area contributed by atoms with Crippen molar-refractivity contribution < 1.29 is 4.42 Å². The number of rotatable bonds is 5. The summed E-state index contributed by atoms with van der Waals surface area (Å²) in [5.74, 6) is 1.58. The Kier molecular flexibility index (Phi) is 3.78.